The molecule has 0 aliphatic heterocycles. The Kier molecular flexibility index (Phi) is 3.22. The molecule has 0 aromatic carbocycles. The molecule has 2 aromatic heterocycles. The predicted molar refractivity (Wildman–Crippen MR) is 63.8 cm³/mol. The van der Waals surface area contributed by atoms with Crippen LogP contribution in [0.25, 0.3) is 0 Å². The summed E-state index contributed by atoms with van der Waals surface area (Å²) in [6, 6.07) is 0. The second-order valence-electron chi connectivity index (χ2n) is 3.76. The van der Waals surface area contributed by atoms with Crippen LogP contribution in [-0.4, -0.2) is 19.7 Å². The first-order chi connectivity index (χ1) is 8.19. The molecule has 0 radical (unpaired) electrons. The molecule has 2 rings (SSSR count). The van der Waals surface area contributed by atoms with Crippen LogP contribution in [0.2, 0.25) is 0 Å². The molecule has 90 valence electrons. The molecule has 0 unspecified atom stereocenters. The number of aromatic nitrogens is 4. The number of aryl methyl sites for hydroxylation is 2. The van der Waals surface area contributed by atoms with E-state index >= 15 is 0 Å². The second kappa shape index (κ2) is 4.82. The lowest BCUT2D eigenvalue weighted by atomic mass is 10.4. The van der Waals surface area contributed by atoms with Crippen LogP contribution >= 0.6 is 0 Å². The van der Waals surface area contributed by atoms with Gasteiger partial charge in [0.25, 0.3) is 0 Å². The van der Waals surface area contributed by atoms with Crippen LogP contribution in [-0.2, 0) is 6.54 Å². The van der Waals surface area contributed by atoms with Crippen molar-refractivity contribution in [3.05, 3.63) is 24.2 Å². The van der Waals surface area contributed by atoms with E-state index in [0.29, 0.717) is 11.6 Å². The van der Waals surface area contributed by atoms with Crippen LogP contribution in [0.5, 0.6) is 11.6 Å². The van der Waals surface area contributed by atoms with E-state index < -0.39 is 0 Å². The van der Waals surface area contributed by atoms with Gasteiger partial charge in [-0.1, -0.05) is 6.92 Å². The standard InChI is InChI=1S/C11H15N5O/c1-3-4-16-7-9(6-14-16)17-10-8(2)5-13-11(12)15-10/h5-7H,3-4H2,1-2H3,(H2,12,13,15). The third-order valence-electron chi connectivity index (χ3n) is 2.22. The number of hydrogen-bond donors (Lipinski definition) is 1. The monoisotopic (exact) mass is 233 g/mol. The fourth-order valence-corrected chi connectivity index (χ4v) is 1.40. The quantitative estimate of drug-likeness (QED) is 0.870. The molecule has 2 heterocycles. The molecule has 6 heteroatoms. The van der Waals surface area contributed by atoms with Gasteiger partial charge in [-0.25, -0.2) is 4.98 Å². The summed E-state index contributed by atoms with van der Waals surface area (Å²) in [5.74, 6) is 1.32. The Bertz CT molecular complexity index is 508. The van der Waals surface area contributed by atoms with E-state index in [1.807, 2.05) is 17.8 Å². The first-order valence-electron chi connectivity index (χ1n) is 5.48. The van der Waals surface area contributed by atoms with E-state index in [-0.39, 0.29) is 5.95 Å². The molecule has 0 saturated carbocycles. The minimum absolute atomic E-state index is 0.201. The average Bonchev–Trinajstić information content (AvgIpc) is 2.72. The Morgan fingerprint density at radius 3 is 3.00 bits per heavy atom. The highest BCUT2D eigenvalue weighted by Crippen LogP contribution is 2.22. The molecule has 0 fully saturated rings. The Morgan fingerprint density at radius 2 is 2.24 bits per heavy atom. The first kappa shape index (κ1) is 11.4. The summed E-state index contributed by atoms with van der Waals surface area (Å²) in [6.07, 6.45) is 6.16. The molecule has 2 N–H and O–H groups in total. The van der Waals surface area contributed by atoms with E-state index in [2.05, 4.69) is 22.0 Å². The van der Waals surface area contributed by atoms with Crippen LogP contribution in [0, 0.1) is 6.92 Å². The summed E-state index contributed by atoms with van der Waals surface area (Å²) < 4.78 is 7.43. The maximum atomic E-state index is 5.60. The number of nitrogen functional groups attached to an aromatic ring is 1. The molecule has 0 spiro atoms. The average molecular weight is 233 g/mol. The maximum Gasteiger partial charge on any atom is 0.227 e. The molecule has 0 bridgehead atoms. The summed E-state index contributed by atoms with van der Waals surface area (Å²) in [5, 5.41) is 4.17. The third kappa shape index (κ3) is 2.72. The van der Waals surface area contributed by atoms with Gasteiger partial charge in [0.2, 0.25) is 11.8 Å². The van der Waals surface area contributed by atoms with Gasteiger partial charge in [0.1, 0.15) is 0 Å². The Balaban J connectivity index is 2.16. The van der Waals surface area contributed by atoms with Crippen molar-refractivity contribution in [3.63, 3.8) is 0 Å². The number of anilines is 1. The molecular formula is C11H15N5O. The minimum atomic E-state index is 0.201. The van der Waals surface area contributed by atoms with Crippen LogP contribution in [0.1, 0.15) is 18.9 Å². The van der Waals surface area contributed by atoms with Crippen LogP contribution < -0.4 is 10.5 Å². The largest absolute Gasteiger partial charge is 0.435 e. The van der Waals surface area contributed by atoms with E-state index in [1.165, 1.54) is 0 Å². The Morgan fingerprint density at radius 1 is 1.41 bits per heavy atom. The maximum absolute atomic E-state index is 5.60. The third-order valence-corrected chi connectivity index (χ3v) is 2.22. The van der Waals surface area contributed by atoms with Crippen LogP contribution in [0.4, 0.5) is 5.95 Å². The van der Waals surface area contributed by atoms with Gasteiger partial charge in [-0.15, -0.1) is 0 Å². The molecule has 2 aromatic rings. The van der Waals surface area contributed by atoms with Gasteiger partial charge in [-0.3, -0.25) is 4.68 Å². The zero-order valence-corrected chi connectivity index (χ0v) is 9.92. The summed E-state index contributed by atoms with van der Waals surface area (Å²) in [7, 11) is 0. The van der Waals surface area contributed by atoms with Crippen molar-refractivity contribution < 1.29 is 4.74 Å². The highest BCUT2D eigenvalue weighted by Gasteiger charge is 2.06. The lowest BCUT2D eigenvalue weighted by Crippen LogP contribution is -1.98. The summed E-state index contributed by atoms with van der Waals surface area (Å²) >= 11 is 0. The topological polar surface area (TPSA) is 78.9 Å². The molecule has 0 aliphatic rings. The van der Waals surface area contributed by atoms with Gasteiger partial charge < -0.3 is 10.5 Å². The van der Waals surface area contributed by atoms with Gasteiger partial charge >= 0.3 is 0 Å². The van der Waals surface area contributed by atoms with Crippen LogP contribution in [0.3, 0.4) is 0 Å². The van der Waals surface area contributed by atoms with E-state index in [9.17, 15) is 0 Å². The van der Waals surface area contributed by atoms with Gasteiger partial charge in [-0.05, 0) is 13.3 Å². The Labute approximate surface area is 99.4 Å². The lowest BCUT2D eigenvalue weighted by molar-refractivity contribution is 0.457. The van der Waals surface area contributed by atoms with Gasteiger partial charge in [0.15, 0.2) is 5.75 Å². The molecule has 17 heavy (non-hydrogen) atoms. The van der Waals surface area contributed by atoms with E-state index in [0.717, 1.165) is 18.5 Å². The fraction of sp³-hybridized carbons (Fsp3) is 0.364. The zero-order chi connectivity index (χ0) is 12.3. The van der Waals surface area contributed by atoms with Crippen molar-refractivity contribution >= 4 is 5.95 Å². The summed E-state index contributed by atoms with van der Waals surface area (Å²) in [6.45, 7) is 4.83. The number of rotatable bonds is 4. The van der Waals surface area contributed by atoms with Crippen molar-refractivity contribution in [1.29, 1.82) is 0 Å². The molecule has 6 nitrogen and oxygen atoms in total. The molecule has 0 saturated heterocycles. The second-order valence-corrected chi connectivity index (χ2v) is 3.76. The van der Waals surface area contributed by atoms with Gasteiger partial charge in [-0.2, -0.15) is 10.1 Å². The zero-order valence-electron chi connectivity index (χ0n) is 9.92. The van der Waals surface area contributed by atoms with Gasteiger partial charge in [0.05, 0.1) is 12.4 Å². The SMILES string of the molecule is CCCn1cc(Oc2nc(N)ncc2C)cn1. The van der Waals surface area contributed by atoms with E-state index in [4.69, 9.17) is 10.5 Å². The smallest absolute Gasteiger partial charge is 0.227 e. The summed E-state index contributed by atoms with van der Waals surface area (Å²) in [5.41, 5.74) is 6.35. The van der Waals surface area contributed by atoms with Crippen molar-refractivity contribution in [3.8, 4) is 11.6 Å². The minimum Gasteiger partial charge on any atom is -0.435 e. The van der Waals surface area contributed by atoms with Crippen LogP contribution in [0.15, 0.2) is 18.6 Å². The molecule has 0 aliphatic carbocycles. The fourth-order valence-electron chi connectivity index (χ4n) is 1.40. The van der Waals surface area contributed by atoms with Crippen molar-refractivity contribution in [2.24, 2.45) is 0 Å². The number of hydrogen-bond acceptors (Lipinski definition) is 5. The summed E-state index contributed by atoms with van der Waals surface area (Å²) in [4.78, 5) is 7.91. The predicted octanol–water partition coefficient (Wildman–Crippen LogP) is 1.77. The number of ether oxygens (including phenoxy) is 1. The normalized spacial score (nSPS) is 10.5. The van der Waals surface area contributed by atoms with Crippen molar-refractivity contribution in [1.82, 2.24) is 19.7 Å². The molecule has 0 atom stereocenters. The number of nitrogens with zero attached hydrogens (tertiary/aromatic N) is 4. The highest BCUT2D eigenvalue weighted by molar-refractivity contribution is 5.32. The molecule has 0 amide bonds. The van der Waals surface area contributed by atoms with Gasteiger partial charge in [0, 0.05) is 18.3 Å². The first-order valence-corrected chi connectivity index (χ1v) is 5.48. The van der Waals surface area contributed by atoms with E-state index in [1.54, 1.807) is 12.4 Å². The lowest BCUT2D eigenvalue weighted by Gasteiger charge is -2.04. The van der Waals surface area contributed by atoms with Crippen molar-refractivity contribution in [2.75, 3.05) is 5.73 Å². The number of nitrogens with two attached hydrogens (primary N) is 1. The highest BCUT2D eigenvalue weighted by atomic mass is 16.5. The Hall–Kier alpha value is -2.11. The van der Waals surface area contributed by atoms with Crippen molar-refractivity contribution in [2.45, 2.75) is 26.8 Å². The molecular weight excluding hydrogens is 218 g/mol.